The van der Waals surface area contributed by atoms with E-state index >= 15 is 0 Å². The summed E-state index contributed by atoms with van der Waals surface area (Å²) in [6, 6.07) is 16.0. The van der Waals surface area contributed by atoms with E-state index < -0.39 is 0 Å². The SMILES string of the molecule is CC1CN(Cc2ccnc(-c3ccccn3)n2)Cc2ccccc2O1. The summed E-state index contributed by atoms with van der Waals surface area (Å²) in [7, 11) is 0. The smallest absolute Gasteiger partial charge is 0.178 e. The lowest BCUT2D eigenvalue weighted by Gasteiger charge is -2.21. The first-order valence-corrected chi connectivity index (χ1v) is 8.48. The molecule has 4 rings (SSSR count). The topological polar surface area (TPSA) is 51.1 Å². The molecule has 25 heavy (non-hydrogen) atoms. The molecule has 0 amide bonds. The van der Waals surface area contributed by atoms with E-state index in [-0.39, 0.29) is 6.10 Å². The summed E-state index contributed by atoms with van der Waals surface area (Å²) in [5.41, 5.74) is 3.00. The minimum absolute atomic E-state index is 0.140. The number of rotatable bonds is 3. The summed E-state index contributed by atoms with van der Waals surface area (Å²) in [4.78, 5) is 15.7. The largest absolute Gasteiger partial charge is 0.489 e. The van der Waals surface area contributed by atoms with Crippen molar-refractivity contribution >= 4 is 0 Å². The van der Waals surface area contributed by atoms with Crippen molar-refractivity contribution in [2.75, 3.05) is 6.54 Å². The van der Waals surface area contributed by atoms with Gasteiger partial charge in [-0.3, -0.25) is 9.88 Å². The molecule has 0 bridgehead atoms. The lowest BCUT2D eigenvalue weighted by atomic mass is 10.2. The highest BCUT2D eigenvalue weighted by Gasteiger charge is 2.20. The van der Waals surface area contributed by atoms with Gasteiger partial charge in [-0.15, -0.1) is 0 Å². The van der Waals surface area contributed by atoms with E-state index in [0.29, 0.717) is 5.82 Å². The molecular weight excluding hydrogens is 312 g/mol. The summed E-state index contributed by atoms with van der Waals surface area (Å²) in [5, 5.41) is 0. The van der Waals surface area contributed by atoms with E-state index in [1.165, 1.54) is 5.56 Å². The van der Waals surface area contributed by atoms with Crippen LogP contribution in [-0.4, -0.2) is 32.5 Å². The molecule has 1 unspecified atom stereocenters. The Morgan fingerprint density at radius 2 is 1.92 bits per heavy atom. The van der Waals surface area contributed by atoms with Crippen molar-refractivity contribution in [3.63, 3.8) is 0 Å². The molecule has 1 aromatic carbocycles. The maximum absolute atomic E-state index is 6.03. The molecule has 126 valence electrons. The second-order valence-corrected chi connectivity index (χ2v) is 6.29. The van der Waals surface area contributed by atoms with Crippen molar-refractivity contribution in [2.45, 2.75) is 26.1 Å². The van der Waals surface area contributed by atoms with Gasteiger partial charge in [0.15, 0.2) is 5.82 Å². The van der Waals surface area contributed by atoms with Crippen LogP contribution in [0.15, 0.2) is 60.9 Å². The summed E-state index contributed by atoms with van der Waals surface area (Å²) >= 11 is 0. The maximum atomic E-state index is 6.03. The molecule has 5 heteroatoms. The zero-order valence-electron chi connectivity index (χ0n) is 14.2. The Morgan fingerprint density at radius 3 is 2.80 bits per heavy atom. The van der Waals surface area contributed by atoms with Gasteiger partial charge in [-0.05, 0) is 31.2 Å². The monoisotopic (exact) mass is 332 g/mol. The Balaban J connectivity index is 1.56. The maximum Gasteiger partial charge on any atom is 0.178 e. The standard InChI is InChI=1S/C20H20N4O/c1-15-12-24(13-16-6-2-3-8-19(16)25-15)14-17-9-11-22-20(23-17)18-7-4-5-10-21-18/h2-11,15H,12-14H2,1H3. The molecule has 0 saturated carbocycles. The molecule has 0 spiro atoms. The van der Waals surface area contributed by atoms with Gasteiger partial charge in [0.1, 0.15) is 17.5 Å². The van der Waals surface area contributed by atoms with E-state index in [4.69, 9.17) is 9.72 Å². The minimum Gasteiger partial charge on any atom is -0.489 e. The molecular formula is C20H20N4O. The highest BCUT2D eigenvalue weighted by atomic mass is 16.5. The minimum atomic E-state index is 0.140. The average molecular weight is 332 g/mol. The second-order valence-electron chi connectivity index (χ2n) is 6.29. The van der Waals surface area contributed by atoms with Gasteiger partial charge in [0.2, 0.25) is 0 Å². The molecule has 3 aromatic rings. The molecule has 1 aliphatic rings. The second kappa shape index (κ2) is 6.99. The predicted molar refractivity (Wildman–Crippen MR) is 95.9 cm³/mol. The van der Waals surface area contributed by atoms with Crippen LogP contribution < -0.4 is 4.74 Å². The van der Waals surface area contributed by atoms with Gasteiger partial charge < -0.3 is 4.74 Å². The van der Waals surface area contributed by atoms with Gasteiger partial charge in [0.05, 0.1) is 5.69 Å². The van der Waals surface area contributed by atoms with Crippen molar-refractivity contribution in [3.8, 4) is 17.3 Å². The summed E-state index contributed by atoms with van der Waals surface area (Å²) in [5.74, 6) is 1.65. The van der Waals surface area contributed by atoms with E-state index in [0.717, 1.165) is 36.8 Å². The van der Waals surface area contributed by atoms with Crippen molar-refractivity contribution in [3.05, 3.63) is 72.2 Å². The quantitative estimate of drug-likeness (QED) is 0.736. The predicted octanol–water partition coefficient (Wildman–Crippen LogP) is 3.32. The number of benzene rings is 1. The fourth-order valence-electron chi connectivity index (χ4n) is 3.12. The van der Waals surface area contributed by atoms with E-state index in [1.807, 2.05) is 36.4 Å². The number of hydrogen-bond donors (Lipinski definition) is 0. The first-order valence-electron chi connectivity index (χ1n) is 8.48. The number of ether oxygens (including phenoxy) is 1. The number of pyridine rings is 1. The van der Waals surface area contributed by atoms with Crippen molar-refractivity contribution in [1.82, 2.24) is 19.9 Å². The van der Waals surface area contributed by atoms with Crippen molar-refractivity contribution in [2.24, 2.45) is 0 Å². The van der Waals surface area contributed by atoms with Gasteiger partial charge in [0.25, 0.3) is 0 Å². The molecule has 1 aliphatic heterocycles. The highest BCUT2D eigenvalue weighted by Crippen LogP contribution is 2.25. The van der Waals surface area contributed by atoms with Gasteiger partial charge in [-0.25, -0.2) is 9.97 Å². The Hall–Kier alpha value is -2.79. The van der Waals surface area contributed by atoms with Crippen LogP contribution in [0, 0.1) is 0 Å². The first-order chi connectivity index (χ1) is 12.3. The molecule has 0 aliphatic carbocycles. The van der Waals surface area contributed by atoms with E-state index in [9.17, 15) is 0 Å². The van der Waals surface area contributed by atoms with Gasteiger partial charge in [-0.1, -0.05) is 24.3 Å². The molecule has 0 saturated heterocycles. The van der Waals surface area contributed by atoms with Crippen LogP contribution in [0.2, 0.25) is 0 Å². The van der Waals surface area contributed by atoms with Crippen LogP contribution in [0.5, 0.6) is 5.75 Å². The summed E-state index contributed by atoms with van der Waals surface area (Å²) < 4.78 is 6.03. The van der Waals surface area contributed by atoms with Crippen LogP contribution in [0.3, 0.4) is 0 Å². The fraction of sp³-hybridized carbons (Fsp3) is 0.250. The van der Waals surface area contributed by atoms with E-state index in [2.05, 4.69) is 33.9 Å². The number of nitrogens with zero attached hydrogens (tertiary/aromatic N) is 4. The van der Waals surface area contributed by atoms with Crippen LogP contribution in [0.4, 0.5) is 0 Å². The van der Waals surface area contributed by atoms with Crippen LogP contribution in [0.25, 0.3) is 11.5 Å². The summed E-state index contributed by atoms with van der Waals surface area (Å²) in [6.07, 6.45) is 3.70. The molecule has 1 atom stereocenters. The van der Waals surface area contributed by atoms with Crippen LogP contribution in [0.1, 0.15) is 18.2 Å². The molecule has 2 aromatic heterocycles. The number of aromatic nitrogens is 3. The third kappa shape index (κ3) is 3.67. The zero-order chi connectivity index (χ0) is 17.1. The molecule has 0 fully saturated rings. The third-order valence-electron chi connectivity index (χ3n) is 4.20. The van der Waals surface area contributed by atoms with Crippen molar-refractivity contribution in [1.29, 1.82) is 0 Å². The third-order valence-corrected chi connectivity index (χ3v) is 4.20. The van der Waals surface area contributed by atoms with E-state index in [1.54, 1.807) is 12.4 Å². The lowest BCUT2D eigenvalue weighted by Crippen LogP contribution is -2.30. The number of fused-ring (bicyclic) bond motifs is 1. The number of para-hydroxylation sites is 1. The Morgan fingerprint density at radius 1 is 1.04 bits per heavy atom. The highest BCUT2D eigenvalue weighted by molar-refractivity contribution is 5.48. The fourth-order valence-corrected chi connectivity index (χ4v) is 3.12. The van der Waals surface area contributed by atoms with Crippen LogP contribution >= 0.6 is 0 Å². The average Bonchev–Trinajstić information content (AvgIpc) is 2.80. The Labute approximate surface area is 147 Å². The molecule has 5 nitrogen and oxygen atoms in total. The van der Waals surface area contributed by atoms with Crippen molar-refractivity contribution < 1.29 is 4.74 Å². The molecule has 0 radical (unpaired) electrons. The normalized spacial score (nSPS) is 17.4. The Bertz CT molecular complexity index is 853. The first kappa shape index (κ1) is 15.7. The van der Waals surface area contributed by atoms with Crippen LogP contribution in [-0.2, 0) is 13.1 Å². The van der Waals surface area contributed by atoms with Gasteiger partial charge >= 0.3 is 0 Å². The zero-order valence-corrected chi connectivity index (χ0v) is 14.2. The molecule has 3 heterocycles. The molecule has 0 N–H and O–H groups in total. The van der Waals surface area contributed by atoms with Gasteiger partial charge in [-0.2, -0.15) is 0 Å². The number of hydrogen-bond acceptors (Lipinski definition) is 5. The lowest BCUT2D eigenvalue weighted by molar-refractivity contribution is 0.155. The Kier molecular flexibility index (Phi) is 4.39. The summed E-state index contributed by atoms with van der Waals surface area (Å²) in [6.45, 7) is 4.57. The van der Waals surface area contributed by atoms with Gasteiger partial charge in [0, 0.05) is 37.6 Å².